The summed E-state index contributed by atoms with van der Waals surface area (Å²) in [5.41, 5.74) is -0.635. The van der Waals surface area contributed by atoms with Gasteiger partial charge in [-0.2, -0.15) is 0 Å². The van der Waals surface area contributed by atoms with Gasteiger partial charge < -0.3 is 10.1 Å². The molecule has 0 saturated carbocycles. The van der Waals surface area contributed by atoms with Crippen molar-refractivity contribution in [1.82, 2.24) is 4.98 Å². The van der Waals surface area contributed by atoms with Crippen molar-refractivity contribution in [1.29, 1.82) is 0 Å². The Morgan fingerprint density at radius 3 is 2.25 bits per heavy atom. The van der Waals surface area contributed by atoms with Gasteiger partial charge >= 0.3 is 0 Å². The van der Waals surface area contributed by atoms with Crippen molar-refractivity contribution in [3.05, 3.63) is 65.9 Å². The lowest BCUT2D eigenvalue weighted by Crippen LogP contribution is -2.09. The Morgan fingerprint density at radius 1 is 1.04 bits per heavy atom. The van der Waals surface area contributed by atoms with Gasteiger partial charge in [0, 0.05) is 21.5 Å². The third-order valence-electron chi connectivity index (χ3n) is 3.40. The summed E-state index contributed by atoms with van der Waals surface area (Å²) in [4.78, 5) is 25.2. The van der Waals surface area contributed by atoms with Crippen molar-refractivity contribution < 1.29 is 10.0 Å². The molecule has 0 bridgehead atoms. The highest BCUT2D eigenvalue weighted by Gasteiger charge is 2.20. The van der Waals surface area contributed by atoms with Crippen LogP contribution in [-0.4, -0.2) is 15.0 Å². The summed E-state index contributed by atoms with van der Waals surface area (Å²) in [6, 6.07) is 6.69. The Labute approximate surface area is 149 Å². The van der Waals surface area contributed by atoms with E-state index in [1.807, 2.05) is 0 Å². The maximum absolute atomic E-state index is 12.3. The van der Waals surface area contributed by atoms with Gasteiger partial charge in [0.25, 0.3) is 11.2 Å². The van der Waals surface area contributed by atoms with E-state index in [0.29, 0.717) is 0 Å². The number of aromatic nitrogens is 1. The molecular formula is C15H7Cl3N2O4. The molecule has 2 aromatic carbocycles. The highest BCUT2D eigenvalue weighted by atomic mass is 35.5. The van der Waals surface area contributed by atoms with Crippen LogP contribution in [0.25, 0.3) is 22.0 Å². The Balaban J connectivity index is 2.39. The molecule has 0 spiro atoms. The SMILES string of the molecule is O=c1[nH]c2cc(Cl)c([N+](=O)[O-])cc2c(O)c1-c1cc(Cl)cc(Cl)c1. The molecule has 9 heteroatoms. The molecule has 1 heterocycles. The van der Waals surface area contributed by atoms with E-state index >= 15 is 0 Å². The zero-order valence-electron chi connectivity index (χ0n) is 11.6. The van der Waals surface area contributed by atoms with E-state index in [4.69, 9.17) is 34.8 Å². The van der Waals surface area contributed by atoms with Gasteiger partial charge in [0.15, 0.2) is 0 Å². The number of halogens is 3. The zero-order valence-corrected chi connectivity index (χ0v) is 13.9. The number of aromatic amines is 1. The van der Waals surface area contributed by atoms with Crippen LogP contribution < -0.4 is 5.56 Å². The summed E-state index contributed by atoms with van der Waals surface area (Å²) in [6.07, 6.45) is 0. The largest absolute Gasteiger partial charge is 0.506 e. The molecule has 0 aliphatic rings. The van der Waals surface area contributed by atoms with Crippen LogP contribution in [0.5, 0.6) is 5.75 Å². The van der Waals surface area contributed by atoms with E-state index in [1.165, 1.54) is 24.3 Å². The topological polar surface area (TPSA) is 96.2 Å². The third-order valence-corrected chi connectivity index (χ3v) is 4.14. The average molecular weight is 386 g/mol. The second-order valence-electron chi connectivity index (χ2n) is 4.94. The highest BCUT2D eigenvalue weighted by molar-refractivity contribution is 6.35. The number of nitro groups is 1. The number of benzene rings is 2. The number of hydrogen-bond donors (Lipinski definition) is 2. The van der Waals surface area contributed by atoms with Crippen LogP contribution in [-0.2, 0) is 0 Å². The van der Waals surface area contributed by atoms with Gasteiger partial charge in [0.05, 0.1) is 16.0 Å². The molecule has 0 unspecified atom stereocenters. The van der Waals surface area contributed by atoms with Gasteiger partial charge in [0.1, 0.15) is 10.8 Å². The van der Waals surface area contributed by atoms with Crippen LogP contribution >= 0.6 is 34.8 Å². The summed E-state index contributed by atoms with van der Waals surface area (Å²) < 4.78 is 0. The van der Waals surface area contributed by atoms with Gasteiger partial charge in [-0.15, -0.1) is 0 Å². The lowest BCUT2D eigenvalue weighted by Gasteiger charge is -2.09. The predicted octanol–water partition coefficient (Wildman–Crippen LogP) is 4.77. The minimum Gasteiger partial charge on any atom is -0.506 e. The predicted molar refractivity (Wildman–Crippen MR) is 93.4 cm³/mol. The number of hydrogen-bond acceptors (Lipinski definition) is 4. The number of pyridine rings is 1. The molecule has 0 fully saturated rings. The van der Waals surface area contributed by atoms with E-state index in [9.17, 15) is 20.0 Å². The fraction of sp³-hybridized carbons (Fsp3) is 0. The first kappa shape index (κ1) is 16.6. The first-order chi connectivity index (χ1) is 11.3. The van der Waals surface area contributed by atoms with E-state index in [0.717, 1.165) is 6.07 Å². The average Bonchev–Trinajstić information content (AvgIpc) is 2.45. The van der Waals surface area contributed by atoms with Crippen LogP contribution in [0.15, 0.2) is 35.1 Å². The number of H-pyrrole nitrogens is 1. The fourth-order valence-corrected chi connectivity index (χ4v) is 3.15. The number of nitrogens with zero attached hydrogens (tertiary/aromatic N) is 1. The standard InChI is InChI=1S/C15H7Cl3N2O4/c16-7-1-6(2-8(17)3-7)13-14(21)9-4-12(20(23)24)10(18)5-11(9)19-15(13)22/h1-5H,(H2,19,21,22). The molecule has 3 rings (SSSR count). The molecule has 0 radical (unpaired) electrons. The molecule has 2 N–H and O–H groups in total. The van der Waals surface area contributed by atoms with Gasteiger partial charge in [-0.05, 0) is 29.8 Å². The van der Waals surface area contributed by atoms with Crippen molar-refractivity contribution >= 4 is 51.4 Å². The van der Waals surface area contributed by atoms with Crippen molar-refractivity contribution in [2.75, 3.05) is 0 Å². The molecule has 6 nitrogen and oxygen atoms in total. The smallest absolute Gasteiger partial charge is 0.288 e. The maximum Gasteiger partial charge on any atom is 0.288 e. The molecule has 0 aliphatic heterocycles. The van der Waals surface area contributed by atoms with Gasteiger partial charge in [0.2, 0.25) is 0 Å². The summed E-state index contributed by atoms with van der Waals surface area (Å²) in [7, 11) is 0. The summed E-state index contributed by atoms with van der Waals surface area (Å²) in [5.74, 6) is -0.424. The first-order valence-electron chi connectivity index (χ1n) is 6.47. The summed E-state index contributed by atoms with van der Waals surface area (Å²) >= 11 is 17.7. The minimum atomic E-state index is -0.678. The van der Waals surface area contributed by atoms with Crippen LogP contribution in [0.1, 0.15) is 0 Å². The Kier molecular flexibility index (Phi) is 4.13. The van der Waals surface area contributed by atoms with E-state index in [-0.39, 0.29) is 42.8 Å². The van der Waals surface area contributed by atoms with E-state index in [2.05, 4.69) is 4.98 Å². The number of nitro benzene ring substituents is 1. The lowest BCUT2D eigenvalue weighted by atomic mass is 10.0. The molecule has 24 heavy (non-hydrogen) atoms. The molecule has 0 saturated heterocycles. The minimum absolute atomic E-state index is 0.0804. The Hall–Kier alpha value is -2.28. The second-order valence-corrected chi connectivity index (χ2v) is 6.22. The number of fused-ring (bicyclic) bond motifs is 1. The Morgan fingerprint density at radius 2 is 1.67 bits per heavy atom. The van der Waals surface area contributed by atoms with E-state index < -0.39 is 16.2 Å². The molecular weight excluding hydrogens is 379 g/mol. The molecule has 1 aromatic heterocycles. The van der Waals surface area contributed by atoms with Gasteiger partial charge in [-0.1, -0.05) is 34.8 Å². The van der Waals surface area contributed by atoms with Crippen molar-refractivity contribution in [2.24, 2.45) is 0 Å². The highest BCUT2D eigenvalue weighted by Crippen LogP contribution is 2.38. The first-order valence-corrected chi connectivity index (χ1v) is 7.60. The lowest BCUT2D eigenvalue weighted by molar-refractivity contribution is -0.384. The molecule has 0 aliphatic carbocycles. The second kappa shape index (κ2) is 5.98. The van der Waals surface area contributed by atoms with Crippen LogP contribution in [0, 0.1) is 10.1 Å². The Bertz CT molecular complexity index is 1040. The normalized spacial score (nSPS) is 11.0. The summed E-state index contributed by atoms with van der Waals surface area (Å²) in [6.45, 7) is 0. The quantitative estimate of drug-likeness (QED) is 0.490. The number of aromatic hydroxyl groups is 1. The third kappa shape index (κ3) is 2.80. The van der Waals surface area contributed by atoms with Crippen LogP contribution in [0.4, 0.5) is 5.69 Å². The molecule has 122 valence electrons. The van der Waals surface area contributed by atoms with Crippen LogP contribution in [0.2, 0.25) is 15.1 Å². The monoisotopic (exact) mass is 384 g/mol. The molecule has 0 amide bonds. The number of nitrogens with one attached hydrogen (secondary N) is 1. The van der Waals surface area contributed by atoms with Crippen molar-refractivity contribution in [3.8, 4) is 16.9 Å². The number of rotatable bonds is 2. The van der Waals surface area contributed by atoms with Crippen LogP contribution in [0.3, 0.4) is 0 Å². The summed E-state index contributed by atoms with van der Waals surface area (Å²) in [5, 5.41) is 22.0. The van der Waals surface area contributed by atoms with Gasteiger partial charge in [-0.3, -0.25) is 14.9 Å². The van der Waals surface area contributed by atoms with E-state index in [1.54, 1.807) is 0 Å². The molecule has 3 aromatic rings. The maximum atomic E-state index is 12.3. The fourth-order valence-electron chi connectivity index (χ4n) is 2.39. The van der Waals surface area contributed by atoms with Crippen molar-refractivity contribution in [3.63, 3.8) is 0 Å². The zero-order chi connectivity index (χ0) is 17.6. The van der Waals surface area contributed by atoms with Crippen molar-refractivity contribution in [2.45, 2.75) is 0 Å². The molecule has 0 atom stereocenters. The van der Waals surface area contributed by atoms with Gasteiger partial charge in [-0.25, -0.2) is 0 Å².